The Balaban J connectivity index is 1.52. The van der Waals surface area contributed by atoms with Crippen LogP contribution in [0.1, 0.15) is 30.7 Å². The molecule has 1 N–H and O–H groups in total. The third-order valence-electron chi connectivity index (χ3n) is 6.44. The molecule has 29 heavy (non-hydrogen) atoms. The molecule has 1 aromatic carbocycles. The number of amides is 1. The molecule has 0 saturated carbocycles. The fraction of sp³-hybridized carbons (Fsp3) is 0.522. The summed E-state index contributed by atoms with van der Waals surface area (Å²) in [4.78, 5) is 27.1. The fourth-order valence-electron chi connectivity index (χ4n) is 4.77. The maximum Gasteiger partial charge on any atom is 0.241 e. The second kappa shape index (κ2) is 8.59. The van der Waals surface area contributed by atoms with Gasteiger partial charge >= 0.3 is 0 Å². The minimum atomic E-state index is -0.486. The zero-order chi connectivity index (χ0) is 20.3. The number of piperazine rings is 1. The molecule has 1 amide bonds. The van der Waals surface area contributed by atoms with Crippen molar-refractivity contribution >= 4 is 5.91 Å². The normalized spacial score (nSPS) is 20.2. The summed E-state index contributed by atoms with van der Waals surface area (Å²) in [6.45, 7) is 9.26. The third-order valence-corrected chi connectivity index (χ3v) is 6.44. The van der Waals surface area contributed by atoms with Gasteiger partial charge in [-0.1, -0.05) is 31.2 Å². The summed E-state index contributed by atoms with van der Waals surface area (Å²) in [5.74, 6) is 0.148. The van der Waals surface area contributed by atoms with Gasteiger partial charge in [-0.2, -0.15) is 0 Å². The maximum absolute atomic E-state index is 13.7. The van der Waals surface area contributed by atoms with Crippen LogP contribution in [0.3, 0.4) is 0 Å². The van der Waals surface area contributed by atoms with Crippen molar-refractivity contribution in [1.29, 1.82) is 0 Å². The van der Waals surface area contributed by atoms with Crippen LogP contribution in [-0.4, -0.2) is 70.0 Å². The van der Waals surface area contributed by atoms with E-state index in [1.807, 2.05) is 0 Å². The van der Waals surface area contributed by atoms with E-state index in [4.69, 9.17) is 0 Å². The number of benzene rings is 1. The molecule has 0 bridgehead atoms. The van der Waals surface area contributed by atoms with Crippen molar-refractivity contribution < 1.29 is 4.79 Å². The van der Waals surface area contributed by atoms with Gasteiger partial charge in [-0.15, -0.1) is 0 Å². The van der Waals surface area contributed by atoms with Crippen LogP contribution in [0.15, 0.2) is 42.9 Å². The molecule has 1 saturated heterocycles. The fourth-order valence-corrected chi connectivity index (χ4v) is 4.77. The predicted molar refractivity (Wildman–Crippen MR) is 114 cm³/mol. The Kier molecular flexibility index (Phi) is 5.92. The second-order valence-corrected chi connectivity index (χ2v) is 8.35. The molecule has 0 radical (unpaired) electrons. The number of fused-ring (bicyclic) bond motifs is 1. The molecule has 6 heteroatoms. The molecule has 0 spiro atoms. The molecule has 154 valence electrons. The zero-order valence-electron chi connectivity index (χ0n) is 17.5. The summed E-state index contributed by atoms with van der Waals surface area (Å²) in [6, 6.07) is 8.53. The summed E-state index contributed by atoms with van der Waals surface area (Å²) < 4.78 is 0. The first-order valence-electron chi connectivity index (χ1n) is 10.7. The van der Waals surface area contributed by atoms with Gasteiger partial charge in [-0.3, -0.25) is 19.7 Å². The van der Waals surface area contributed by atoms with Gasteiger partial charge in [0.05, 0.1) is 5.69 Å². The number of carbonyl (C=O) groups excluding carboxylic acids is 1. The first-order valence-corrected chi connectivity index (χ1v) is 10.7. The zero-order valence-corrected chi connectivity index (χ0v) is 17.5. The molecule has 6 nitrogen and oxygen atoms in total. The van der Waals surface area contributed by atoms with Crippen molar-refractivity contribution in [2.24, 2.45) is 0 Å². The van der Waals surface area contributed by atoms with E-state index in [0.29, 0.717) is 6.42 Å². The molecule has 1 aromatic heterocycles. The number of rotatable bonds is 6. The van der Waals surface area contributed by atoms with Crippen LogP contribution < -0.4 is 5.32 Å². The van der Waals surface area contributed by atoms with Crippen molar-refractivity contribution in [1.82, 2.24) is 25.1 Å². The van der Waals surface area contributed by atoms with E-state index in [1.165, 1.54) is 11.1 Å². The average molecular weight is 394 g/mol. The van der Waals surface area contributed by atoms with E-state index in [0.717, 1.165) is 51.3 Å². The number of likely N-dealkylation sites (N-methyl/N-ethyl adjacent to an activating group) is 1. The largest absolute Gasteiger partial charge is 0.352 e. The number of carbonyl (C=O) groups is 1. The highest BCUT2D eigenvalue weighted by molar-refractivity contribution is 5.88. The van der Waals surface area contributed by atoms with E-state index in [1.54, 1.807) is 18.6 Å². The summed E-state index contributed by atoms with van der Waals surface area (Å²) in [6.07, 6.45) is 7.41. The van der Waals surface area contributed by atoms with E-state index in [-0.39, 0.29) is 11.9 Å². The molecule has 2 aromatic rings. The lowest BCUT2D eigenvalue weighted by Crippen LogP contribution is -2.65. The van der Waals surface area contributed by atoms with Crippen molar-refractivity contribution in [3.63, 3.8) is 0 Å². The van der Waals surface area contributed by atoms with Gasteiger partial charge in [-0.25, -0.2) is 0 Å². The van der Waals surface area contributed by atoms with Crippen LogP contribution in [-0.2, 0) is 24.1 Å². The molecule has 1 atom stereocenters. The van der Waals surface area contributed by atoms with Crippen LogP contribution in [0.5, 0.6) is 0 Å². The number of nitrogens with one attached hydrogen (secondary N) is 1. The Bertz CT molecular complexity index is 807. The number of aromatic nitrogens is 2. The Labute approximate surface area is 173 Å². The maximum atomic E-state index is 13.7. The summed E-state index contributed by atoms with van der Waals surface area (Å²) >= 11 is 0. The van der Waals surface area contributed by atoms with Gasteiger partial charge in [-0.05, 0) is 24.6 Å². The minimum Gasteiger partial charge on any atom is -0.352 e. The van der Waals surface area contributed by atoms with Crippen molar-refractivity contribution in [3.8, 4) is 0 Å². The Morgan fingerprint density at radius 1 is 1.14 bits per heavy atom. The standard InChI is InChI=1S/C23H31N5O/c1-3-27-10-12-28(13-11-27)23(15-19-6-4-5-7-20(19)16-23)22(29)26-18(2)14-21-17-24-8-9-25-21/h4-9,17-18H,3,10-16H2,1-2H3,(H,26,29)/t18-/m0/s1. The molecule has 0 unspecified atom stereocenters. The minimum absolute atomic E-state index is 0.0109. The summed E-state index contributed by atoms with van der Waals surface area (Å²) in [5, 5.41) is 3.31. The average Bonchev–Trinajstić information content (AvgIpc) is 3.15. The van der Waals surface area contributed by atoms with E-state index < -0.39 is 5.54 Å². The molecule has 2 aliphatic rings. The smallest absolute Gasteiger partial charge is 0.241 e. The third kappa shape index (κ3) is 4.19. The van der Waals surface area contributed by atoms with Crippen molar-refractivity contribution in [2.75, 3.05) is 32.7 Å². The van der Waals surface area contributed by atoms with Crippen molar-refractivity contribution in [3.05, 3.63) is 59.7 Å². The first kappa shape index (κ1) is 20.0. The molecule has 1 aliphatic carbocycles. The Hall–Kier alpha value is -2.31. The van der Waals surface area contributed by atoms with Gasteiger partial charge in [0.1, 0.15) is 5.54 Å². The van der Waals surface area contributed by atoms with Crippen LogP contribution in [0.2, 0.25) is 0 Å². The van der Waals surface area contributed by atoms with E-state index in [9.17, 15) is 4.79 Å². The highest BCUT2D eigenvalue weighted by atomic mass is 16.2. The van der Waals surface area contributed by atoms with Crippen LogP contribution in [0.4, 0.5) is 0 Å². The SMILES string of the molecule is CCN1CCN(C2(C(=O)N[C@@H](C)Cc3cnccn3)Cc3ccccc3C2)CC1. The lowest BCUT2D eigenvalue weighted by molar-refractivity contribution is -0.135. The number of hydrogen-bond acceptors (Lipinski definition) is 5. The molecule has 1 aliphatic heterocycles. The van der Waals surface area contributed by atoms with Gasteiger partial charge in [0, 0.05) is 70.1 Å². The van der Waals surface area contributed by atoms with E-state index in [2.05, 4.69) is 63.2 Å². The predicted octanol–water partition coefficient (Wildman–Crippen LogP) is 1.70. The number of nitrogens with zero attached hydrogens (tertiary/aromatic N) is 4. The van der Waals surface area contributed by atoms with Gasteiger partial charge < -0.3 is 10.2 Å². The van der Waals surface area contributed by atoms with Gasteiger partial charge in [0.15, 0.2) is 0 Å². The second-order valence-electron chi connectivity index (χ2n) is 8.35. The molecular weight excluding hydrogens is 362 g/mol. The Morgan fingerprint density at radius 2 is 1.83 bits per heavy atom. The molecule has 2 heterocycles. The van der Waals surface area contributed by atoms with Gasteiger partial charge in [0.2, 0.25) is 5.91 Å². The molecule has 1 fully saturated rings. The van der Waals surface area contributed by atoms with Crippen molar-refractivity contribution in [2.45, 2.75) is 44.7 Å². The van der Waals surface area contributed by atoms with Crippen LogP contribution in [0.25, 0.3) is 0 Å². The first-order chi connectivity index (χ1) is 14.1. The summed E-state index contributed by atoms with van der Waals surface area (Å²) in [5.41, 5.74) is 3.03. The Morgan fingerprint density at radius 3 is 2.41 bits per heavy atom. The van der Waals surface area contributed by atoms with Crippen LogP contribution in [0, 0.1) is 0 Å². The lowest BCUT2D eigenvalue weighted by atomic mass is 9.90. The highest BCUT2D eigenvalue weighted by Crippen LogP contribution is 2.36. The summed E-state index contributed by atoms with van der Waals surface area (Å²) in [7, 11) is 0. The lowest BCUT2D eigenvalue weighted by Gasteiger charge is -2.45. The number of hydrogen-bond donors (Lipinski definition) is 1. The highest BCUT2D eigenvalue weighted by Gasteiger charge is 2.49. The van der Waals surface area contributed by atoms with E-state index >= 15 is 0 Å². The van der Waals surface area contributed by atoms with Crippen LogP contribution >= 0.6 is 0 Å². The quantitative estimate of drug-likeness (QED) is 0.809. The van der Waals surface area contributed by atoms with Gasteiger partial charge in [0.25, 0.3) is 0 Å². The molecule has 4 rings (SSSR count). The molecular formula is C23H31N5O. The topological polar surface area (TPSA) is 61.4 Å². The monoisotopic (exact) mass is 393 g/mol.